The Morgan fingerprint density at radius 3 is 2.52 bits per heavy atom. The van der Waals surface area contributed by atoms with Crippen LogP contribution in [0.15, 0.2) is 51.4 Å². The first-order valence-corrected chi connectivity index (χ1v) is 8.95. The monoisotopic (exact) mass is 473 g/mol. The highest BCUT2D eigenvalue weighted by Gasteiger charge is 2.23. The molecule has 1 amide bonds. The quantitative estimate of drug-likeness (QED) is 0.515. The highest BCUT2D eigenvalue weighted by atomic mass is 79.9. The standard InChI is InChI=1S/C17H17Br2NO5/c18-11-6-12(15(22)13(19)7-11)16(23)14(21)8-20-17(24)25-9-10-4-2-1-3-5-10/h1-7,14,16,21-23H,8-9H2,(H,20,24). The van der Waals surface area contributed by atoms with Crippen LogP contribution in [0.4, 0.5) is 4.79 Å². The predicted octanol–water partition coefficient (Wildman–Crippen LogP) is 3.24. The second kappa shape index (κ2) is 9.19. The van der Waals surface area contributed by atoms with E-state index in [1.165, 1.54) is 6.07 Å². The average molecular weight is 475 g/mol. The number of aromatic hydroxyl groups is 1. The Morgan fingerprint density at radius 1 is 1.16 bits per heavy atom. The fourth-order valence-corrected chi connectivity index (χ4v) is 3.35. The molecule has 2 aromatic carbocycles. The summed E-state index contributed by atoms with van der Waals surface area (Å²) in [6.45, 7) is -0.136. The number of carbonyl (C=O) groups excluding carboxylic acids is 1. The molecule has 0 aromatic heterocycles. The Kier molecular flexibility index (Phi) is 7.24. The van der Waals surface area contributed by atoms with Crippen LogP contribution < -0.4 is 5.32 Å². The van der Waals surface area contributed by atoms with E-state index in [9.17, 15) is 20.1 Å². The molecule has 2 unspecified atom stereocenters. The number of rotatable bonds is 6. The number of ether oxygens (including phenoxy) is 1. The Labute approximate surface area is 161 Å². The maximum atomic E-state index is 11.7. The first-order valence-electron chi connectivity index (χ1n) is 7.37. The molecule has 0 aliphatic rings. The van der Waals surface area contributed by atoms with Gasteiger partial charge in [0, 0.05) is 16.6 Å². The van der Waals surface area contributed by atoms with E-state index in [0.717, 1.165) is 5.56 Å². The largest absolute Gasteiger partial charge is 0.506 e. The number of aliphatic hydroxyl groups is 2. The normalized spacial score (nSPS) is 13.1. The summed E-state index contributed by atoms with van der Waals surface area (Å²) in [7, 11) is 0. The molecule has 0 bridgehead atoms. The van der Waals surface area contributed by atoms with Crippen LogP contribution >= 0.6 is 31.9 Å². The highest BCUT2D eigenvalue weighted by molar-refractivity contribution is 9.11. The second-order valence-corrected chi connectivity index (χ2v) is 7.05. The predicted molar refractivity (Wildman–Crippen MR) is 99.1 cm³/mol. The minimum Gasteiger partial charge on any atom is -0.506 e. The van der Waals surface area contributed by atoms with Crippen LogP contribution in [0, 0.1) is 0 Å². The van der Waals surface area contributed by atoms with Gasteiger partial charge >= 0.3 is 6.09 Å². The molecule has 0 heterocycles. The Morgan fingerprint density at radius 2 is 1.84 bits per heavy atom. The lowest BCUT2D eigenvalue weighted by molar-refractivity contribution is 0.0170. The van der Waals surface area contributed by atoms with Gasteiger partial charge in [0.1, 0.15) is 24.6 Å². The van der Waals surface area contributed by atoms with E-state index in [2.05, 4.69) is 37.2 Å². The van der Waals surface area contributed by atoms with Gasteiger partial charge < -0.3 is 25.4 Å². The molecule has 0 aliphatic heterocycles. The Hall–Kier alpha value is -1.61. The molecule has 8 heteroatoms. The summed E-state index contributed by atoms with van der Waals surface area (Å²) < 4.78 is 6.01. The van der Waals surface area contributed by atoms with Crippen molar-refractivity contribution in [3.05, 3.63) is 62.5 Å². The van der Waals surface area contributed by atoms with E-state index in [1.807, 2.05) is 30.3 Å². The highest BCUT2D eigenvalue weighted by Crippen LogP contribution is 2.36. The molecule has 0 saturated heterocycles. The van der Waals surface area contributed by atoms with E-state index >= 15 is 0 Å². The fourth-order valence-electron chi connectivity index (χ4n) is 2.09. The zero-order valence-electron chi connectivity index (χ0n) is 13.0. The van der Waals surface area contributed by atoms with Crippen molar-refractivity contribution in [1.29, 1.82) is 0 Å². The van der Waals surface area contributed by atoms with E-state index in [0.29, 0.717) is 8.95 Å². The SMILES string of the molecule is O=C(NCC(O)C(O)c1cc(Br)cc(Br)c1O)OCc1ccccc1. The van der Waals surface area contributed by atoms with Crippen molar-refractivity contribution >= 4 is 38.0 Å². The third kappa shape index (κ3) is 5.71. The molecule has 0 fully saturated rings. The summed E-state index contributed by atoms with van der Waals surface area (Å²) in [5.74, 6) is -0.179. The maximum absolute atomic E-state index is 11.7. The number of phenolic OH excluding ortho intramolecular Hbond substituents is 1. The van der Waals surface area contributed by atoms with Crippen LogP contribution in [0.2, 0.25) is 0 Å². The van der Waals surface area contributed by atoms with Crippen LogP contribution in [0.25, 0.3) is 0 Å². The first-order chi connectivity index (χ1) is 11.9. The summed E-state index contributed by atoms with van der Waals surface area (Å²) in [4.78, 5) is 11.7. The number of alkyl carbamates (subject to hydrolysis) is 1. The number of hydrogen-bond donors (Lipinski definition) is 4. The van der Waals surface area contributed by atoms with Crippen molar-refractivity contribution in [2.45, 2.75) is 18.8 Å². The van der Waals surface area contributed by atoms with Gasteiger partial charge in [0.2, 0.25) is 0 Å². The Balaban J connectivity index is 1.87. The minimum absolute atomic E-state index is 0.102. The number of amides is 1. The molecule has 2 rings (SSSR count). The minimum atomic E-state index is -1.39. The number of nitrogens with one attached hydrogen (secondary N) is 1. The maximum Gasteiger partial charge on any atom is 0.407 e. The first kappa shape index (κ1) is 19.7. The summed E-state index contributed by atoms with van der Waals surface area (Å²) in [5, 5.41) is 32.6. The van der Waals surface area contributed by atoms with Gasteiger partial charge in [-0.2, -0.15) is 0 Å². The van der Waals surface area contributed by atoms with E-state index in [4.69, 9.17) is 4.74 Å². The summed E-state index contributed by atoms with van der Waals surface area (Å²) in [5.41, 5.74) is 0.968. The van der Waals surface area contributed by atoms with Crippen molar-refractivity contribution in [2.24, 2.45) is 0 Å². The molecule has 4 N–H and O–H groups in total. The van der Waals surface area contributed by atoms with E-state index < -0.39 is 18.3 Å². The lowest BCUT2D eigenvalue weighted by Crippen LogP contribution is -2.35. The molecule has 0 spiro atoms. The van der Waals surface area contributed by atoms with Crippen molar-refractivity contribution in [3.8, 4) is 5.75 Å². The van der Waals surface area contributed by atoms with Gasteiger partial charge in [0.15, 0.2) is 0 Å². The van der Waals surface area contributed by atoms with Crippen molar-refractivity contribution in [3.63, 3.8) is 0 Å². The second-order valence-electron chi connectivity index (χ2n) is 5.28. The molecule has 0 radical (unpaired) electrons. The van der Waals surface area contributed by atoms with Crippen LogP contribution in [0.1, 0.15) is 17.2 Å². The average Bonchev–Trinajstić information content (AvgIpc) is 2.61. The van der Waals surface area contributed by atoms with Crippen LogP contribution in [-0.2, 0) is 11.3 Å². The molecule has 0 saturated carbocycles. The number of hydrogen-bond acceptors (Lipinski definition) is 5. The molecular weight excluding hydrogens is 458 g/mol. The summed E-state index contributed by atoms with van der Waals surface area (Å²) >= 11 is 6.40. The third-order valence-corrected chi connectivity index (χ3v) is 4.47. The van der Waals surface area contributed by atoms with Crippen molar-refractivity contribution < 1.29 is 24.9 Å². The topological polar surface area (TPSA) is 99.0 Å². The zero-order chi connectivity index (χ0) is 18.4. The number of carbonyl (C=O) groups is 1. The molecule has 6 nitrogen and oxygen atoms in total. The van der Waals surface area contributed by atoms with Crippen molar-refractivity contribution in [2.75, 3.05) is 6.54 Å². The van der Waals surface area contributed by atoms with E-state index in [1.54, 1.807) is 6.07 Å². The molecule has 0 aliphatic carbocycles. The number of phenols is 1. The van der Waals surface area contributed by atoms with Gasteiger partial charge in [-0.15, -0.1) is 0 Å². The molecule has 2 atom stereocenters. The van der Waals surface area contributed by atoms with Gasteiger partial charge in [-0.25, -0.2) is 4.79 Å². The van der Waals surface area contributed by atoms with Gasteiger partial charge in [-0.1, -0.05) is 46.3 Å². The van der Waals surface area contributed by atoms with E-state index in [-0.39, 0.29) is 24.5 Å². The fraction of sp³-hybridized carbons (Fsp3) is 0.235. The van der Waals surface area contributed by atoms with Crippen LogP contribution in [0.5, 0.6) is 5.75 Å². The molecule has 2 aromatic rings. The summed E-state index contributed by atoms with van der Waals surface area (Å²) in [6.07, 6.45) is -3.42. The van der Waals surface area contributed by atoms with Crippen molar-refractivity contribution in [1.82, 2.24) is 5.32 Å². The van der Waals surface area contributed by atoms with Crippen LogP contribution in [0.3, 0.4) is 0 Å². The summed E-state index contributed by atoms with van der Waals surface area (Å²) in [6, 6.07) is 12.3. The molecule has 25 heavy (non-hydrogen) atoms. The van der Waals surface area contributed by atoms with Gasteiger partial charge in [0.25, 0.3) is 0 Å². The van der Waals surface area contributed by atoms with Crippen LogP contribution in [-0.4, -0.2) is 34.1 Å². The number of aliphatic hydroxyl groups excluding tert-OH is 2. The zero-order valence-corrected chi connectivity index (χ0v) is 16.2. The lowest BCUT2D eigenvalue weighted by atomic mass is 10.0. The smallest absolute Gasteiger partial charge is 0.407 e. The van der Waals surface area contributed by atoms with Gasteiger partial charge in [-0.05, 0) is 33.6 Å². The molecule has 134 valence electrons. The third-order valence-electron chi connectivity index (χ3n) is 3.41. The molecular formula is C17H17Br2NO5. The number of halogens is 2. The van der Waals surface area contributed by atoms with Gasteiger partial charge in [-0.3, -0.25) is 0 Å². The lowest BCUT2D eigenvalue weighted by Gasteiger charge is -2.20. The Bertz CT molecular complexity index is 726. The van der Waals surface area contributed by atoms with Gasteiger partial charge in [0.05, 0.1) is 4.47 Å². The number of benzene rings is 2.